The van der Waals surface area contributed by atoms with Gasteiger partial charge < -0.3 is 10.4 Å². The monoisotopic (exact) mass is 226 g/mol. The Morgan fingerprint density at radius 1 is 1.56 bits per heavy atom. The third-order valence-electron chi connectivity index (χ3n) is 2.68. The third kappa shape index (κ3) is 1.89. The highest BCUT2D eigenvalue weighted by molar-refractivity contribution is 5.37. The van der Waals surface area contributed by atoms with Gasteiger partial charge in [0.1, 0.15) is 0 Å². The Balaban J connectivity index is 2.27. The first kappa shape index (κ1) is 11.0. The maximum absolute atomic E-state index is 13.6. The SMILES string of the molecule is O=[N+]([O-])c1cccc(CC2(O)CNC2)c1F. The van der Waals surface area contributed by atoms with Crippen LogP contribution in [0, 0.1) is 15.9 Å². The summed E-state index contributed by atoms with van der Waals surface area (Å²) >= 11 is 0. The fraction of sp³-hybridized carbons (Fsp3) is 0.400. The molecule has 2 rings (SSSR count). The van der Waals surface area contributed by atoms with E-state index in [-0.39, 0.29) is 12.0 Å². The van der Waals surface area contributed by atoms with E-state index in [1.807, 2.05) is 0 Å². The Labute approximate surface area is 91.0 Å². The fourth-order valence-electron chi connectivity index (χ4n) is 1.74. The van der Waals surface area contributed by atoms with Gasteiger partial charge in [0, 0.05) is 25.6 Å². The van der Waals surface area contributed by atoms with Crippen LogP contribution in [0.15, 0.2) is 18.2 Å². The smallest absolute Gasteiger partial charge is 0.305 e. The molecule has 0 radical (unpaired) electrons. The van der Waals surface area contributed by atoms with E-state index in [9.17, 15) is 19.6 Å². The second kappa shape index (κ2) is 3.80. The summed E-state index contributed by atoms with van der Waals surface area (Å²) in [5, 5.41) is 23.2. The largest absolute Gasteiger partial charge is 0.387 e. The van der Waals surface area contributed by atoms with Gasteiger partial charge in [0.05, 0.1) is 10.5 Å². The molecule has 1 aromatic carbocycles. The number of nitrogens with one attached hydrogen (secondary N) is 1. The molecule has 86 valence electrons. The van der Waals surface area contributed by atoms with Crippen molar-refractivity contribution in [1.29, 1.82) is 0 Å². The zero-order valence-corrected chi connectivity index (χ0v) is 8.44. The molecule has 0 spiro atoms. The van der Waals surface area contributed by atoms with E-state index in [1.165, 1.54) is 12.1 Å². The highest BCUT2D eigenvalue weighted by atomic mass is 19.1. The minimum Gasteiger partial charge on any atom is -0.387 e. The number of nitro groups is 1. The molecule has 0 amide bonds. The second-order valence-corrected chi connectivity index (χ2v) is 4.01. The molecular formula is C10H11FN2O3. The van der Waals surface area contributed by atoms with E-state index in [4.69, 9.17) is 0 Å². The predicted octanol–water partition coefficient (Wildman–Crippen LogP) is 0.611. The Bertz CT molecular complexity index is 432. The van der Waals surface area contributed by atoms with Crippen LogP contribution < -0.4 is 5.32 Å². The number of benzene rings is 1. The standard InChI is InChI=1S/C10H11FN2O3/c11-9-7(4-10(14)5-12-6-10)2-1-3-8(9)13(15)16/h1-3,12,14H,4-6H2. The van der Waals surface area contributed by atoms with Crippen LogP contribution in [0.5, 0.6) is 0 Å². The Kier molecular flexibility index (Phi) is 2.61. The lowest BCUT2D eigenvalue weighted by atomic mass is 9.89. The molecule has 0 aromatic heterocycles. The maximum Gasteiger partial charge on any atom is 0.305 e. The molecule has 1 saturated heterocycles. The highest BCUT2D eigenvalue weighted by Gasteiger charge is 2.35. The molecule has 0 atom stereocenters. The number of hydrogen-bond donors (Lipinski definition) is 2. The van der Waals surface area contributed by atoms with Gasteiger partial charge in [-0.25, -0.2) is 0 Å². The van der Waals surface area contributed by atoms with Crippen molar-refractivity contribution in [2.45, 2.75) is 12.0 Å². The summed E-state index contributed by atoms with van der Waals surface area (Å²) in [6.07, 6.45) is 0.0908. The van der Waals surface area contributed by atoms with Gasteiger partial charge in [-0.05, 0) is 5.56 Å². The number of rotatable bonds is 3. The van der Waals surface area contributed by atoms with E-state index in [1.54, 1.807) is 0 Å². The quantitative estimate of drug-likeness (QED) is 0.585. The molecule has 0 saturated carbocycles. The third-order valence-corrected chi connectivity index (χ3v) is 2.68. The molecule has 16 heavy (non-hydrogen) atoms. The number of hydrogen-bond acceptors (Lipinski definition) is 4. The van der Waals surface area contributed by atoms with E-state index < -0.39 is 22.0 Å². The van der Waals surface area contributed by atoms with Crippen molar-refractivity contribution in [2.24, 2.45) is 0 Å². The topological polar surface area (TPSA) is 75.4 Å². The number of halogens is 1. The average molecular weight is 226 g/mol. The molecule has 0 unspecified atom stereocenters. The normalized spacial score (nSPS) is 17.9. The van der Waals surface area contributed by atoms with Gasteiger partial charge in [0.25, 0.3) is 0 Å². The lowest BCUT2D eigenvalue weighted by Crippen LogP contribution is -2.60. The van der Waals surface area contributed by atoms with Gasteiger partial charge in [-0.15, -0.1) is 0 Å². The van der Waals surface area contributed by atoms with Gasteiger partial charge >= 0.3 is 5.69 Å². The highest BCUT2D eigenvalue weighted by Crippen LogP contribution is 2.25. The van der Waals surface area contributed by atoms with Crippen LogP contribution in [0.4, 0.5) is 10.1 Å². The minimum absolute atomic E-state index is 0.0908. The van der Waals surface area contributed by atoms with Crippen LogP contribution in [0.2, 0.25) is 0 Å². The molecule has 1 aromatic rings. The summed E-state index contributed by atoms with van der Waals surface area (Å²) in [7, 11) is 0. The molecular weight excluding hydrogens is 215 g/mol. The van der Waals surface area contributed by atoms with Crippen molar-refractivity contribution in [2.75, 3.05) is 13.1 Å². The molecule has 1 heterocycles. The first-order chi connectivity index (χ1) is 7.52. The van der Waals surface area contributed by atoms with Gasteiger partial charge in [-0.2, -0.15) is 4.39 Å². The number of β-amino-alcohol motifs (C(OH)–C–C–N with tert-alkyl or cyclic N) is 1. The lowest BCUT2D eigenvalue weighted by molar-refractivity contribution is -0.387. The number of nitrogens with zero attached hydrogens (tertiary/aromatic N) is 1. The summed E-state index contributed by atoms with van der Waals surface area (Å²) in [6, 6.07) is 3.99. The average Bonchev–Trinajstić information content (AvgIpc) is 2.18. The van der Waals surface area contributed by atoms with Crippen molar-refractivity contribution in [3.8, 4) is 0 Å². The molecule has 1 aliphatic rings. The van der Waals surface area contributed by atoms with Crippen LogP contribution in [0.1, 0.15) is 5.56 Å². The summed E-state index contributed by atoms with van der Waals surface area (Å²) in [5.74, 6) is -0.854. The Hall–Kier alpha value is -1.53. The minimum atomic E-state index is -0.976. The van der Waals surface area contributed by atoms with Gasteiger partial charge in [-0.1, -0.05) is 12.1 Å². The molecule has 1 aliphatic heterocycles. The van der Waals surface area contributed by atoms with Gasteiger partial charge in [0.2, 0.25) is 5.82 Å². The van der Waals surface area contributed by atoms with E-state index in [2.05, 4.69) is 5.32 Å². The first-order valence-electron chi connectivity index (χ1n) is 4.87. The molecule has 0 aliphatic carbocycles. The van der Waals surface area contributed by atoms with E-state index >= 15 is 0 Å². The molecule has 5 nitrogen and oxygen atoms in total. The van der Waals surface area contributed by atoms with Crippen LogP contribution in [-0.2, 0) is 6.42 Å². The fourth-order valence-corrected chi connectivity index (χ4v) is 1.74. The summed E-state index contributed by atoms with van der Waals surface area (Å²) in [6.45, 7) is 0.768. The molecule has 1 fully saturated rings. The van der Waals surface area contributed by atoms with Crippen LogP contribution >= 0.6 is 0 Å². The first-order valence-corrected chi connectivity index (χ1v) is 4.87. The van der Waals surface area contributed by atoms with Crippen molar-refractivity contribution in [1.82, 2.24) is 5.32 Å². The van der Waals surface area contributed by atoms with Crippen LogP contribution in [-0.4, -0.2) is 28.7 Å². The number of nitro benzene ring substituents is 1. The van der Waals surface area contributed by atoms with Crippen molar-refractivity contribution in [3.63, 3.8) is 0 Å². The zero-order valence-electron chi connectivity index (χ0n) is 8.44. The lowest BCUT2D eigenvalue weighted by Gasteiger charge is -2.37. The van der Waals surface area contributed by atoms with Crippen molar-refractivity contribution < 1.29 is 14.4 Å². The van der Waals surface area contributed by atoms with Gasteiger partial charge in [0.15, 0.2) is 0 Å². The second-order valence-electron chi connectivity index (χ2n) is 4.01. The summed E-state index contributed by atoms with van der Waals surface area (Å²) < 4.78 is 13.6. The van der Waals surface area contributed by atoms with Crippen molar-refractivity contribution in [3.05, 3.63) is 39.7 Å². The predicted molar refractivity (Wildman–Crippen MR) is 54.6 cm³/mol. The Morgan fingerprint density at radius 3 is 2.75 bits per heavy atom. The number of aliphatic hydroxyl groups is 1. The van der Waals surface area contributed by atoms with E-state index in [0.29, 0.717) is 13.1 Å². The summed E-state index contributed by atoms with van der Waals surface area (Å²) in [4.78, 5) is 9.75. The molecule has 0 bridgehead atoms. The summed E-state index contributed by atoms with van der Waals surface area (Å²) in [5.41, 5.74) is -1.35. The van der Waals surface area contributed by atoms with Gasteiger partial charge in [-0.3, -0.25) is 10.1 Å². The maximum atomic E-state index is 13.6. The molecule has 6 heteroatoms. The zero-order chi connectivity index (χ0) is 11.8. The van der Waals surface area contributed by atoms with Crippen LogP contribution in [0.3, 0.4) is 0 Å². The van der Waals surface area contributed by atoms with Crippen molar-refractivity contribution >= 4 is 5.69 Å². The van der Waals surface area contributed by atoms with Crippen LogP contribution in [0.25, 0.3) is 0 Å². The van der Waals surface area contributed by atoms with E-state index in [0.717, 1.165) is 6.07 Å². The molecule has 2 N–H and O–H groups in total. The Morgan fingerprint density at radius 2 is 2.25 bits per heavy atom.